The summed E-state index contributed by atoms with van der Waals surface area (Å²) in [6.07, 6.45) is 8.71. The highest BCUT2D eigenvalue weighted by Crippen LogP contribution is 2.38. The van der Waals surface area contributed by atoms with Gasteiger partial charge in [-0.25, -0.2) is 0 Å². The Morgan fingerprint density at radius 2 is 1.64 bits per heavy atom. The highest BCUT2D eigenvalue weighted by atomic mass is 16.5. The highest BCUT2D eigenvalue weighted by Gasteiger charge is 2.38. The Balaban J connectivity index is 1.07. The van der Waals surface area contributed by atoms with Crippen LogP contribution in [0.15, 0.2) is 36.4 Å². The molecule has 3 fully saturated rings. The number of methoxy groups -OCH3 is 2. The molecule has 6 rings (SSSR count). The summed E-state index contributed by atoms with van der Waals surface area (Å²) in [6.45, 7) is 15.0. The molecule has 44 heavy (non-hydrogen) atoms. The Hall–Kier alpha value is -2.74. The van der Waals surface area contributed by atoms with Crippen molar-refractivity contribution in [2.24, 2.45) is 0 Å². The summed E-state index contributed by atoms with van der Waals surface area (Å²) in [5.41, 5.74) is 6.33. The molecule has 0 spiro atoms. The van der Waals surface area contributed by atoms with Gasteiger partial charge in [-0.15, -0.1) is 0 Å². The van der Waals surface area contributed by atoms with E-state index in [0.717, 1.165) is 68.0 Å². The van der Waals surface area contributed by atoms with Crippen molar-refractivity contribution in [1.29, 1.82) is 0 Å². The van der Waals surface area contributed by atoms with Crippen LogP contribution in [0.3, 0.4) is 0 Å². The quantitative estimate of drug-likeness (QED) is 0.285. The summed E-state index contributed by atoms with van der Waals surface area (Å²) in [4.78, 5) is 9.04. The van der Waals surface area contributed by atoms with Gasteiger partial charge in [-0.1, -0.05) is 6.92 Å². The Labute approximate surface area is 264 Å². The van der Waals surface area contributed by atoms with Gasteiger partial charge in [0, 0.05) is 71.1 Å². The van der Waals surface area contributed by atoms with E-state index >= 15 is 0 Å². The summed E-state index contributed by atoms with van der Waals surface area (Å²) in [5.74, 6) is 1.49. The summed E-state index contributed by atoms with van der Waals surface area (Å²) < 4.78 is 17.8. The molecular weight excluding hydrogens is 548 g/mol. The second-order valence-corrected chi connectivity index (χ2v) is 14.2. The van der Waals surface area contributed by atoms with Crippen molar-refractivity contribution in [2.45, 2.75) is 115 Å². The van der Waals surface area contributed by atoms with Gasteiger partial charge < -0.3 is 29.4 Å². The molecule has 3 aromatic rings. The van der Waals surface area contributed by atoms with Crippen molar-refractivity contribution >= 4 is 16.6 Å². The van der Waals surface area contributed by atoms with Crippen molar-refractivity contribution in [3.8, 4) is 22.8 Å². The number of aryl methyl sites for hydroxylation is 1. The van der Waals surface area contributed by atoms with E-state index in [0.29, 0.717) is 30.3 Å². The number of nitrogens with one attached hydrogen (secondary N) is 2. The molecule has 0 bridgehead atoms. The number of hydrogen-bond donors (Lipinski definition) is 2. The van der Waals surface area contributed by atoms with Crippen LogP contribution in [0.5, 0.6) is 11.5 Å². The fraction of sp³-hybridized carbons (Fsp3) is 0.622. The molecule has 1 aromatic heterocycles. The molecule has 0 aliphatic carbocycles. The predicted octanol–water partition coefficient (Wildman–Crippen LogP) is 7.17. The molecule has 0 amide bonds. The van der Waals surface area contributed by atoms with E-state index in [9.17, 15) is 0 Å². The molecule has 7 nitrogen and oxygen atoms in total. The first kappa shape index (κ1) is 31.3. The number of likely N-dealkylation sites (tertiary alicyclic amines) is 1. The molecule has 3 saturated heterocycles. The topological polar surface area (TPSA) is 62.0 Å². The van der Waals surface area contributed by atoms with Gasteiger partial charge in [0.15, 0.2) is 11.5 Å². The number of ether oxygens (including phenoxy) is 3. The van der Waals surface area contributed by atoms with E-state index in [2.05, 4.69) is 85.1 Å². The Kier molecular flexibility index (Phi) is 9.19. The minimum atomic E-state index is 0.222. The van der Waals surface area contributed by atoms with Crippen LogP contribution in [0.25, 0.3) is 22.2 Å². The second kappa shape index (κ2) is 12.9. The van der Waals surface area contributed by atoms with Gasteiger partial charge in [0.05, 0.1) is 26.4 Å². The maximum absolute atomic E-state index is 6.79. The van der Waals surface area contributed by atoms with Crippen molar-refractivity contribution < 1.29 is 14.2 Å². The average molecular weight is 603 g/mol. The lowest BCUT2D eigenvalue weighted by molar-refractivity contribution is -0.0746. The number of hydrogen-bond acceptors (Lipinski definition) is 6. The van der Waals surface area contributed by atoms with Crippen molar-refractivity contribution in [1.82, 2.24) is 15.2 Å². The van der Waals surface area contributed by atoms with Crippen LogP contribution in [0, 0.1) is 0 Å². The normalized spacial score (nSPS) is 26.7. The standard InChI is InChI=1S/C37H54N4O3/c1-8-31-32-22-27(10-11-33(32)38-36(31)26-9-12-34(42-6)35(21-26)43-7)40-16-13-29(14-17-40)44-30-15-18-41(25(3)20-30)28-19-24(2)39-37(4,5)23-28/h9-12,21-22,24-25,28-30,38-39H,8,13-20,23H2,1-7H3. The maximum atomic E-state index is 6.79. The molecule has 7 heteroatoms. The van der Waals surface area contributed by atoms with Gasteiger partial charge >= 0.3 is 0 Å². The number of rotatable bonds is 8. The molecule has 4 unspecified atom stereocenters. The number of nitrogens with zero attached hydrogens (tertiary/aromatic N) is 2. The van der Waals surface area contributed by atoms with Crippen molar-refractivity contribution in [2.75, 3.05) is 38.8 Å². The fourth-order valence-corrected chi connectivity index (χ4v) is 8.49. The summed E-state index contributed by atoms with van der Waals surface area (Å²) in [5, 5.41) is 5.09. The van der Waals surface area contributed by atoms with E-state index < -0.39 is 0 Å². The monoisotopic (exact) mass is 602 g/mol. The molecular formula is C37H54N4O3. The molecule has 4 atom stereocenters. The number of aromatic amines is 1. The molecule has 2 N–H and O–H groups in total. The van der Waals surface area contributed by atoms with Gasteiger partial charge in [-0.2, -0.15) is 0 Å². The molecule has 240 valence electrons. The van der Waals surface area contributed by atoms with Crippen LogP contribution in [0.2, 0.25) is 0 Å². The number of aromatic nitrogens is 1. The van der Waals surface area contributed by atoms with Crippen molar-refractivity contribution in [3.63, 3.8) is 0 Å². The molecule has 3 aliphatic rings. The average Bonchev–Trinajstić information content (AvgIpc) is 3.38. The maximum Gasteiger partial charge on any atom is 0.161 e. The minimum absolute atomic E-state index is 0.222. The van der Waals surface area contributed by atoms with Crippen molar-refractivity contribution in [3.05, 3.63) is 42.0 Å². The van der Waals surface area contributed by atoms with E-state index in [1.807, 2.05) is 6.07 Å². The second-order valence-electron chi connectivity index (χ2n) is 14.2. The lowest BCUT2D eigenvalue weighted by atomic mass is 9.83. The number of anilines is 1. The summed E-state index contributed by atoms with van der Waals surface area (Å²) >= 11 is 0. The molecule has 0 radical (unpaired) electrons. The Bertz CT molecular complexity index is 1430. The van der Waals surface area contributed by atoms with Crippen LogP contribution in [-0.4, -0.2) is 79.6 Å². The third kappa shape index (κ3) is 6.47. The largest absolute Gasteiger partial charge is 0.493 e. The van der Waals surface area contributed by atoms with Gasteiger partial charge in [0.25, 0.3) is 0 Å². The van der Waals surface area contributed by atoms with Gasteiger partial charge in [0.2, 0.25) is 0 Å². The first-order valence-corrected chi connectivity index (χ1v) is 17.0. The Morgan fingerprint density at radius 1 is 0.886 bits per heavy atom. The number of piperidine rings is 3. The van der Waals surface area contributed by atoms with Gasteiger partial charge in [-0.3, -0.25) is 4.90 Å². The zero-order valence-corrected chi connectivity index (χ0v) is 28.0. The molecule has 2 aromatic carbocycles. The van der Waals surface area contributed by atoms with E-state index in [-0.39, 0.29) is 5.54 Å². The zero-order valence-electron chi connectivity index (χ0n) is 28.0. The smallest absolute Gasteiger partial charge is 0.161 e. The lowest BCUT2D eigenvalue weighted by Gasteiger charge is -2.49. The van der Waals surface area contributed by atoms with E-state index in [4.69, 9.17) is 14.2 Å². The van der Waals surface area contributed by atoms with Crippen LogP contribution >= 0.6 is 0 Å². The first-order valence-electron chi connectivity index (χ1n) is 17.0. The number of benzene rings is 2. The highest BCUT2D eigenvalue weighted by molar-refractivity contribution is 5.93. The summed E-state index contributed by atoms with van der Waals surface area (Å²) in [7, 11) is 3.36. The lowest BCUT2D eigenvalue weighted by Crippen LogP contribution is -2.59. The van der Waals surface area contributed by atoms with E-state index in [1.165, 1.54) is 41.5 Å². The zero-order chi connectivity index (χ0) is 31.0. The number of fused-ring (bicyclic) bond motifs is 1. The molecule has 3 aliphatic heterocycles. The summed E-state index contributed by atoms with van der Waals surface area (Å²) in [6, 6.07) is 14.9. The van der Waals surface area contributed by atoms with Gasteiger partial charge in [-0.05, 0) is 115 Å². The first-order chi connectivity index (χ1) is 21.2. The third-order valence-corrected chi connectivity index (χ3v) is 10.5. The van der Waals surface area contributed by atoms with Crippen LogP contribution in [0.4, 0.5) is 5.69 Å². The van der Waals surface area contributed by atoms with E-state index in [1.54, 1.807) is 14.2 Å². The van der Waals surface area contributed by atoms with Crippen LogP contribution in [0.1, 0.15) is 78.7 Å². The number of H-pyrrole nitrogens is 1. The third-order valence-electron chi connectivity index (χ3n) is 10.5. The molecule has 0 saturated carbocycles. The SMILES string of the molecule is CCc1c(-c2ccc(OC)c(OC)c2)[nH]c2ccc(N3CCC(OC4CCN(C5CC(C)NC(C)(C)C5)C(C)C4)CC3)cc12. The Morgan fingerprint density at radius 3 is 2.32 bits per heavy atom. The predicted molar refractivity (Wildman–Crippen MR) is 181 cm³/mol. The fourth-order valence-electron chi connectivity index (χ4n) is 8.49. The van der Waals surface area contributed by atoms with Crippen LogP contribution in [-0.2, 0) is 11.2 Å². The molecule has 4 heterocycles. The van der Waals surface area contributed by atoms with Crippen LogP contribution < -0.4 is 19.7 Å². The minimum Gasteiger partial charge on any atom is -0.493 e. The van der Waals surface area contributed by atoms with Gasteiger partial charge in [0.1, 0.15) is 0 Å².